The maximum absolute atomic E-state index is 11.0. The van der Waals surface area contributed by atoms with Crippen molar-refractivity contribution in [2.24, 2.45) is 0 Å². The number of imide groups is 1. The van der Waals surface area contributed by atoms with E-state index < -0.39 is 12.1 Å². The van der Waals surface area contributed by atoms with Crippen LogP contribution in [0.3, 0.4) is 0 Å². The Kier molecular flexibility index (Phi) is 17.7. The number of amides is 3. The van der Waals surface area contributed by atoms with Crippen LogP contribution in [0.4, 0.5) is 9.59 Å². The zero-order valence-electron chi connectivity index (χ0n) is 16.0. The molecule has 0 fully saturated rings. The van der Waals surface area contributed by atoms with E-state index >= 15 is 0 Å². The van der Waals surface area contributed by atoms with Crippen LogP contribution in [-0.2, 0) is 0 Å². The Bertz CT molecular complexity index is 357. The first kappa shape index (κ1) is 23.5. The van der Waals surface area contributed by atoms with E-state index in [9.17, 15) is 9.59 Å². The summed E-state index contributed by atoms with van der Waals surface area (Å²) >= 11 is 0. The molecule has 0 bridgehead atoms. The van der Waals surface area contributed by atoms with Crippen molar-refractivity contribution in [3.63, 3.8) is 0 Å². The molecule has 0 unspecified atom stereocenters. The maximum Gasteiger partial charge on any atom is 0.412 e. The zero-order chi connectivity index (χ0) is 18.6. The Morgan fingerprint density at radius 2 is 1.24 bits per heavy atom. The number of carbonyl (C=O) groups is 2. The Morgan fingerprint density at radius 3 is 1.76 bits per heavy atom. The molecule has 0 aliphatic heterocycles. The third-order valence-corrected chi connectivity index (χ3v) is 4.19. The van der Waals surface area contributed by atoms with Gasteiger partial charge in [0.25, 0.3) is 0 Å². The molecular formula is C20H38N2O3. The van der Waals surface area contributed by atoms with Crippen LogP contribution in [-0.4, -0.2) is 23.8 Å². The van der Waals surface area contributed by atoms with Gasteiger partial charge >= 0.3 is 12.1 Å². The molecule has 0 aliphatic carbocycles. The Balaban J connectivity index is 3.17. The van der Waals surface area contributed by atoms with E-state index in [4.69, 9.17) is 5.11 Å². The summed E-state index contributed by atoms with van der Waals surface area (Å²) in [6, 6.07) is -0.639. The lowest BCUT2D eigenvalue weighted by Crippen LogP contribution is -2.38. The van der Waals surface area contributed by atoms with Crippen molar-refractivity contribution in [3.05, 3.63) is 12.2 Å². The van der Waals surface area contributed by atoms with Crippen LogP contribution >= 0.6 is 0 Å². The van der Waals surface area contributed by atoms with E-state index in [0.29, 0.717) is 6.54 Å². The van der Waals surface area contributed by atoms with Gasteiger partial charge in [-0.3, -0.25) is 0 Å². The van der Waals surface area contributed by atoms with Gasteiger partial charge in [-0.05, 0) is 32.1 Å². The number of rotatable bonds is 16. The molecule has 0 aromatic heterocycles. The Morgan fingerprint density at radius 1 is 0.760 bits per heavy atom. The van der Waals surface area contributed by atoms with Gasteiger partial charge in [0.05, 0.1) is 0 Å². The molecule has 0 heterocycles. The molecule has 146 valence electrons. The second-order valence-electron chi connectivity index (χ2n) is 6.62. The topological polar surface area (TPSA) is 78.4 Å². The van der Waals surface area contributed by atoms with Gasteiger partial charge < -0.3 is 10.4 Å². The lowest BCUT2D eigenvalue weighted by Gasteiger charge is -2.04. The van der Waals surface area contributed by atoms with Gasteiger partial charge in [0.1, 0.15) is 0 Å². The molecule has 3 amide bonds. The van der Waals surface area contributed by atoms with E-state index in [1.165, 1.54) is 77.0 Å². The van der Waals surface area contributed by atoms with E-state index in [1.807, 2.05) is 0 Å². The number of carbonyl (C=O) groups excluding carboxylic acids is 1. The molecule has 0 rings (SSSR count). The molecule has 0 atom stereocenters. The Hall–Kier alpha value is -1.52. The molecule has 0 aliphatic rings. The van der Waals surface area contributed by atoms with Gasteiger partial charge in [-0.15, -0.1) is 0 Å². The number of nitrogens with one attached hydrogen (secondary N) is 2. The van der Waals surface area contributed by atoms with Crippen molar-refractivity contribution in [1.82, 2.24) is 10.6 Å². The molecule has 0 spiro atoms. The van der Waals surface area contributed by atoms with Crippen LogP contribution in [0.15, 0.2) is 12.2 Å². The van der Waals surface area contributed by atoms with Crippen molar-refractivity contribution in [2.75, 3.05) is 6.54 Å². The number of hydrogen-bond acceptors (Lipinski definition) is 2. The molecule has 0 saturated carbocycles. The number of urea groups is 1. The monoisotopic (exact) mass is 354 g/mol. The van der Waals surface area contributed by atoms with E-state index in [1.54, 1.807) is 5.32 Å². The zero-order valence-corrected chi connectivity index (χ0v) is 16.0. The summed E-state index contributed by atoms with van der Waals surface area (Å²) in [4.78, 5) is 21.2. The van der Waals surface area contributed by atoms with Gasteiger partial charge in [-0.1, -0.05) is 76.9 Å². The fourth-order valence-corrected chi connectivity index (χ4v) is 2.72. The first-order valence-electron chi connectivity index (χ1n) is 10.1. The van der Waals surface area contributed by atoms with E-state index in [0.717, 1.165) is 12.8 Å². The summed E-state index contributed by atoms with van der Waals surface area (Å²) in [7, 11) is 0. The minimum Gasteiger partial charge on any atom is -0.465 e. The summed E-state index contributed by atoms with van der Waals surface area (Å²) < 4.78 is 0. The number of allylic oxidation sites excluding steroid dienone is 2. The summed E-state index contributed by atoms with van der Waals surface area (Å²) in [5, 5.41) is 12.6. The number of carboxylic acid groups (broad SMARTS) is 1. The van der Waals surface area contributed by atoms with Crippen molar-refractivity contribution in [3.8, 4) is 0 Å². The summed E-state index contributed by atoms with van der Waals surface area (Å²) in [6.07, 6.45) is 20.8. The number of unbranched alkanes of at least 4 members (excludes halogenated alkanes) is 12. The van der Waals surface area contributed by atoms with Crippen molar-refractivity contribution < 1.29 is 14.7 Å². The lowest BCUT2D eigenvalue weighted by molar-refractivity contribution is 0.191. The van der Waals surface area contributed by atoms with Crippen LogP contribution in [0.1, 0.15) is 96.8 Å². The van der Waals surface area contributed by atoms with E-state index in [2.05, 4.69) is 24.4 Å². The highest BCUT2D eigenvalue weighted by atomic mass is 16.4. The summed E-state index contributed by atoms with van der Waals surface area (Å²) in [6.45, 7) is 2.78. The molecule has 0 radical (unpaired) electrons. The van der Waals surface area contributed by atoms with Gasteiger partial charge in [-0.2, -0.15) is 0 Å². The largest absolute Gasteiger partial charge is 0.465 e. The van der Waals surface area contributed by atoms with Crippen LogP contribution < -0.4 is 10.6 Å². The van der Waals surface area contributed by atoms with Gasteiger partial charge in [0.15, 0.2) is 0 Å². The normalized spacial score (nSPS) is 10.9. The van der Waals surface area contributed by atoms with Crippen molar-refractivity contribution >= 4 is 12.1 Å². The van der Waals surface area contributed by atoms with Crippen LogP contribution in [0.5, 0.6) is 0 Å². The van der Waals surface area contributed by atoms with Crippen LogP contribution in [0.25, 0.3) is 0 Å². The molecule has 0 aromatic rings. The highest BCUT2D eigenvalue weighted by molar-refractivity contribution is 5.89. The predicted octanol–water partition coefficient (Wildman–Crippen LogP) is 6.00. The lowest BCUT2D eigenvalue weighted by atomic mass is 10.1. The molecular weight excluding hydrogens is 316 g/mol. The minimum absolute atomic E-state index is 0.528. The van der Waals surface area contributed by atoms with Gasteiger partial charge in [0, 0.05) is 6.54 Å². The standard InChI is InChI=1S/C20H38N2O3/c1-2-3-4-5-6-7-8-9-10-11-12-13-14-15-16-17-18-21-19(23)22-20(24)25/h9-10H,2-8,11-18H2,1H3,(H,24,25)(H2,21,22,23)/b10-9-. The Labute approximate surface area is 153 Å². The third kappa shape index (κ3) is 20.4. The fraction of sp³-hybridized carbons (Fsp3) is 0.800. The molecule has 5 heteroatoms. The van der Waals surface area contributed by atoms with E-state index in [-0.39, 0.29) is 0 Å². The molecule has 5 nitrogen and oxygen atoms in total. The van der Waals surface area contributed by atoms with Crippen LogP contribution in [0, 0.1) is 0 Å². The first-order chi connectivity index (χ1) is 12.2. The highest BCUT2D eigenvalue weighted by Crippen LogP contribution is 2.09. The van der Waals surface area contributed by atoms with Crippen molar-refractivity contribution in [1.29, 1.82) is 0 Å². The molecule has 0 aromatic carbocycles. The third-order valence-electron chi connectivity index (χ3n) is 4.19. The molecule has 25 heavy (non-hydrogen) atoms. The SMILES string of the molecule is CCCCCCCC/C=C\CCCCCCCCNC(=O)NC(=O)O. The van der Waals surface area contributed by atoms with Gasteiger partial charge in [-0.25, -0.2) is 14.9 Å². The quantitative estimate of drug-likeness (QED) is 0.235. The van der Waals surface area contributed by atoms with Crippen molar-refractivity contribution in [2.45, 2.75) is 96.8 Å². The number of hydrogen-bond donors (Lipinski definition) is 3. The average molecular weight is 355 g/mol. The molecule has 0 saturated heterocycles. The fourth-order valence-electron chi connectivity index (χ4n) is 2.72. The second-order valence-corrected chi connectivity index (χ2v) is 6.62. The highest BCUT2D eigenvalue weighted by Gasteiger charge is 2.02. The first-order valence-corrected chi connectivity index (χ1v) is 10.1. The smallest absolute Gasteiger partial charge is 0.412 e. The average Bonchev–Trinajstić information content (AvgIpc) is 2.57. The predicted molar refractivity (Wildman–Crippen MR) is 104 cm³/mol. The second kappa shape index (κ2) is 18.8. The van der Waals surface area contributed by atoms with Crippen LogP contribution in [0.2, 0.25) is 0 Å². The maximum atomic E-state index is 11.0. The minimum atomic E-state index is -1.32. The summed E-state index contributed by atoms with van der Waals surface area (Å²) in [5.41, 5.74) is 0. The molecule has 3 N–H and O–H groups in total. The summed E-state index contributed by atoms with van der Waals surface area (Å²) in [5.74, 6) is 0. The van der Waals surface area contributed by atoms with Gasteiger partial charge in [0.2, 0.25) is 0 Å².